The molecule has 0 aromatic heterocycles. The maximum Gasteiger partial charge on any atom is 0.243 e. The molecule has 1 amide bonds. The van der Waals surface area contributed by atoms with Gasteiger partial charge in [-0.25, -0.2) is 8.42 Å². The highest BCUT2D eigenvalue weighted by atomic mass is 32.2. The Morgan fingerprint density at radius 2 is 2.09 bits per heavy atom. The van der Waals surface area contributed by atoms with Crippen LogP contribution in [0.2, 0.25) is 0 Å². The number of sulfonamides is 1. The fraction of sp³-hybridized carbons (Fsp3) is 0.533. The van der Waals surface area contributed by atoms with Crippen molar-refractivity contribution in [1.29, 1.82) is 0 Å². The van der Waals surface area contributed by atoms with Crippen molar-refractivity contribution in [2.75, 3.05) is 20.3 Å². The molecule has 122 valence electrons. The molecule has 0 radical (unpaired) electrons. The SMILES string of the molecule is COC[C@@]1(CC(N)=O)CCCN1S(=O)(=O)c1ccccc1C. The van der Waals surface area contributed by atoms with Crippen LogP contribution in [0.5, 0.6) is 0 Å². The molecule has 0 saturated carbocycles. The van der Waals surface area contributed by atoms with Crippen LogP contribution in [0.1, 0.15) is 24.8 Å². The monoisotopic (exact) mass is 326 g/mol. The number of carbonyl (C=O) groups is 1. The lowest BCUT2D eigenvalue weighted by Crippen LogP contribution is -2.52. The smallest absolute Gasteiger partial charge is 0.243 e. The number of aryl methyl sites for hydroxylation is 1. The molecule has 1 heterocycles. The maximum atomic E-state index is 13.0. The molecule has 6 nitrogen and oxygen atoms in total. The van der Waals surface area contributed by atoms with E-state index in [1.807, 2.05) is 0 Å². The van der Waals surface area contributed by atoms with E-state index in [9.17, 15) is 13.2 Å². The molecule has 1 aromatic rings. The van der Waals surface area contributed by atoms with Gasteiger partial charge in [0.1, 0.15) is 0 Å². The number of amides is 1. The lowest BCUT2D eigenvalue weighted by molar-refractivity contribution is -0.120. The summed E-state index contributed by atoms with van der Waals surface area (Å²) in [5, 5.41) is 0. The van der Waals surface area contributed by atoms with E-state index < -0.39 is 21.5 Å². The van der Waals surface area contributed by atoms with Gasteiger partial charge in [0.25, 0.3) is 0 Å². The van der Waals surface area contributed by atoms with Crippen molar-refractivity contribution >= 4 is 15.9 Å². The van der Waals surface area contributed by atoms with Crippen LogP contribution in [0, 0.1) is 6.92 Å². The van der Waals surface area contributed by atoms with Gasteiger partial charge in [-0.15, -0.1) is 0 Å². The highest BCUT2D eigenvalue weighted by molar-refractivity contribution is 7.89. The lowest BCUT2D eigenvalue weighted by Gasteiger charge is -2.36. The van der Waals surface area contributed by atoms with E-state index in [1.54, 1.807) is 31.2 Å². The summed E-state index contributed by atoms with van der Waals surface area (Å²) < 4.78 is 32.7. The molecule has 1 aliphatic heterocycles. The predicted molar refractivity (Wildman–Crippen MR) is 82.7 cm³/mol. The van der Waals surface area contributed by atoms with E-state index in [0.717, 1.165) is 0 Å². The molecular weight excluding hydrogens is 304 g/mol. The predicted octanol–water partition coefficient (Wildman–Crippen LogP) is 1.04. The van der Waals surface area contributed by atoms with Crippen molar-refractivity contribution in [2.45, 2.75) is 36.6 Å². The Bertz CT molecular complexity index is 659. The number of benzene rings is 1. The molecule has 1 aliphatic rings. The first-order valence-corrected chi connectivity index (χ1v) is 8.63. The summed E-state index contributed by atoms with van der Waals surface area (Å²) in [6.45, 7) is 2.28. The quantitative estimate of drug-likeness (QED) is 0.846. The summed E-state index contributed by atoms with van der Waals surface area (Å²) in [6.07, 6.45) is 1.21. The third-order valence-corrected chi connectivity index (χ3v) is 6.27. The van der Waals surface area contributed by atoms with Crippen molar-refractivity contribution in [1.82, 2.24) is 4.31 Å². The minimum absolute atomic E-state index is 0.0358. The molecule has 1 fully saturated rings. The Labute approximate surface area is 131 Å². The number of hydrogen-bond acceptors (Lipinski definition) is 4. The zero-order valence-electron chi connectivity index (χ0n) is 12.9. The molecular formula is C15H22N2O4S. The molecule has 1 saturated heterocycles. The van der Waals surface area contributed by atoms with Crippen LogP contribution in [-0.4, -0.2) is 44.4 Å². The lowest BCUT2D eigenvalue weighted by atomic mass is 9.94. The van der Waals surface area contributed by atoms with Crippen molar-refractivity contribution < 1.29 is 17.9 Å². The summed E-state index contributed by atoms with van der Waals surface area (Å²) in [5.74, 6) is -0.524. The minimum atomic E-state index is -3.70. The number of ether oxygens (including phenoxy) is 1. The first-order valence-electron chi connectivity index (χ1n) is 7.19. The second kappa shape index (κ2) is 6.36. The minimum Gasteiger partial charge on any atom is -0.383 e. The van der Waals surface area contributed by atoms with Gasteiger partial charge in [0.2, 0.25) is 15.9 Å². The molecule has 2 N–H and O–H groups in total. The van der Waals surface area contributed by atoms with Gasteiger partial charge >= 0.3 is 0 Å². The summed E-state index contributed by atoms with van der Waals surface area (Å²) in [4.78, 5) is 11.7. The molecule has 22 heavy (non-hydrogen) atoms. The zero-order chi connectivity index (χ0) is 16.4. The van der Waals surface area contributed by atoms with Crippen LogP contribution in [0.25, 0.3) is 0 Å². The first kappa shape index (κ1) is 16.9. The van der Waals surface area contributed by atoms with Crippen molar-refractivity contribution in [3.8, 4) is 0 Å². The summed E-state index contributed by atoms with van der Waals surface area (Å²) >= 11 is 0. The Kier molecular flexibility index (Phi) is 4.89. The Morgan fingerprint density at radius 3 is 2.68 bits per heavy atom. The van der Waals surface area contributed by atoms with Crippen LogP contribution in [0.15, 0.2) is 29.2 Å². The highest BCUT2D eigenvalue weighted by Crippen LogP contribution is 2.38. The highest BCUT2D eigenvalue weighted by Gasteiger charge is 2.48. The van der Waals surface area contributed by atoms with E-state index in [0.29, 0.717) is 24.9 Å². The van der Waals surface area contributed by atoms with Gasteiger partial charge in [-0.1, -0.05) is 18.2 Å². The molecule has 1 aromatic carbocycles. The number of rotatable bonds is 6. The summed E-state index contributed by atoms with van der Waals surface area (Å²) in [7, 11) is -2.20. The number of carbonyl (C=O) groups excluding carboxylic acids is 1. The normalized spacial score (nSPS) is 22.8. The van der Waals surface area contributed by atoms with Crippen LogP contribution in [0.4, 0.5) is 0 Å². The number of primary amides is 1. The van der Waals surface area contributed by atoms with E-state index in [4.69, 9.17) is 10.5 Å². The van der Waals surface area contributed by atoms with Crippen molar-refractivity contribution in [2.24, 2.45) is 5.73 Å². The van der Waals surface area contributed by atoms with Crippen LogP contribution in [-0.2, 0) is 19.6 Å². The van der Waals surface area contributed by atoms with Crippen molar-refractivity contribution in [3.63, 3.8) is 0 Å². The molecule has 7 heteroatoms. The van der Waals surface area contributed by atoms with E-state index in [-0.39, 0.29) is 17.9 Å². The second-order valence-electron chi connectivity index (χ2n) is 5.75. The van der Waals surface area contributed by atoms with E-state index in [2.05, 4.69) is 0 Å². The molecule has 2 rings (SSSR count). The molecule has 0 unspecified atom stereocenters. The fourth-order valence-corrected chi connectivity index (χ4v) is 5.27. The average Bonchev–Trinajstić information content (AvgIpc) is 2.82. The molecule has 0 spiro atoms. The number of methoxy groups -OCH3 is 1. The Balaban J connectivity index is 2.48. The van der Waals surface area contributed by atoms with Crippen molar-refractivity contribution in [3.05, 3.63) is 29.8 Å². The Morgan fingerprint density at radius 1 is 1.41 bits per heavy atom. The number of nitrogens with zero attached hydrogens (tertiary/aromatic N) is 1. The second-order valence-corrected chi connectivity index (χ2v) is 7.58. The molecule has 0 bridgehead atoms. The fourth-order valence-electron chi connectivity index (χ4n) is 3.22. The number of hydrogen-bond donors (Lipinski definition) is 1. The van der Waals surface area contributed by atoms with Gasteiger partial charge in [0.15, 0.2) is 0 Å². The van der Waals surface area contributed by atoms with Gasteiger partial charge in [-0.3, -0.25) is 4.79 Å². The largest absolute Gasteiger partial charge is 0.383 e. The Hall–Kier alpha value is -1.44. The topological polar surface area (TPSA) is 89.7 Å². The summed E-state index contributed by atoms with van der Waals surface area (Å²) in [6, 6.07) is 6.84. The molecule has 1 atom stereocenters. The zero-order valence-corrected chi connectivity index (χ0v) is 13.7. The maximum absolute atomic E-state index is 13.0. The van der Waals surface area contributed by atoms with E-state index in [1.165, 1.54) is 11.4 Å². The van der Waals surface area contributed by atoms with E-state index >= 15 is 0 Å². The average molecular weight is 326 g/mol. The standard InChI is InChI=1S/C15H22N2O4S/c1-12-6-3-4-7-13(12)22(19,20)17-9-5-8-15(17,11-21-2)10-14(16)18/h3-4,6-7H,5,8-11H2,1-2H3,(H2,16,18)/t15-/m0/s1. The van der Waals surface area contributed by atoms with Crippen LogP contribution >= 0.6 is 0 Å². The number of nitrogens with two attached hydrogens (primary N) is 1. The van der Waals surface area contributed by atoms with Gasteiger partial charge in [-0.05, 0) is 31.4 Å². The van der Waals surface area contributed by atoms with Crippen LogP contribution < -0.4 is 5.73 Å². The van der Waals surface area contributed by atoms with Gasteiger partial charge in [-0.2, -0.15) is 4.31 Å². The third-order valence-electron chi connectivity index (χ3n) is 4.11. The molecule has 0 aliphatic carbocycles. The third kappa shape index (κ3) is 3.02. The van der Waals surface area contributed by atoms with Gasteiger partial charge in [0.05, 0.1) is 17.0 Å². The summed E-state index contributed by atoms with van der Waals surface area (Å²) in [5.41, 5.74) is 5.14. The van der Waals surface area contributed by atoms with Crippen LogP contribution in [0.3, 0.4) is 0 Å². The van der Waals surface area contributed by atoms with Gasteiger partial charge < -0.3 is 10.5 Å². The van der Waals surface area contributed by atoms with Gasteiger partial charge in [0, 0.05) is 20.1 Å². The first-order chi connectivity index (χ1) is 10.3.